The topological polar surface area (TPSA) is 347 Å². The Kier molecular flexibility index (Phi) is 156. The van der Waals surface area contributed by atoms with E-state index in [0.717, 1.165) is 111 Å². The Bertz CT molecular complexity index is 2360. The van der Waals surface area contributed by atoms with E-state index in [-0.39, 0.29) is 230 Å². The zero-order valence-electron chi connectivity index (χ0n) is 107. The largest absolute Gasteiger partial charge is 3.00 e. The molecule has 12 atom stereocenters. The summed E-state index contributed by atoms with van der Waals surface area (Å²) in [5.74, 6) is 0. The van der Waals surface area contributed by atoms with Crippen LogP contribution in [0.25, 0.3) is 29.9 Å². The molecule has 0 fully saturated rings. The Hall–Kier alpha value is 3.38. The van der Waals surface area contributed by atoms with Crippen molar-refractivity contribution in [1.82, 2.24) is 29.4 Å². The van der Waals surface area contributed by atoms with Crippen LogP contribution in [0.15, 0.2) is 0 Å². The zero-order chi connectivity index (χ0) is 108. The second kappa shape index (κ2) is 108. The van der Waals surface area contributed by atoms with Gasteiger partial charge in [0.15, 0.2) is 0 Å². The van der Waals surface area contributed by atoms with Crippen LogP contribution in [0.3, 0.4) is 0 Å². The van der Waals surface area contributed by atoms with E-state index >= 15 is 0 Å². The molecule has 0 aliphatic rings. The molecule has 0 spiro atoms. The summed E-state index contributed by atoms with van der Waals surface area (Å²) in [6.45, 7) is 126. The fourth-order valence-electron chi connectivity index (χ4n) is 11.0. The van der Waals surface area contributed by atoms with Crippen LogP contribution in [0.4, 0.5) is 0 Å². The van der Waals surface area contributed by atoms with Crippen molar-refractivity contribution in [2.24, 2.45) is 0 Å². The molecule has 0 rings (SSSR count). The maximum atomic E-state index is 9.00. The molecule has 894 valence electrons. The molecule has 0 amide bonds. The van der Waals surface area contributed by atoms with Crippen LogP contribution in [-0.4, -0.2) is 371 Å². The average Bonchev–Trinajstić information content (AvgIpc) is 0.812. The summed E-state index contributed by atoms with van der Waals surface area (Å²) in [6.07, 6.45) is 2.37. The molecule has 0 saturated heterocycles. The number of likely N-dealkylation sites (N-methyl/N-ethyl adjacent to an activating group) is 4. The molecule has 0 radical (unpaired) electrons. The van der Waals surface area contributed by atoms with Gasteiger partial charge in [0.2, 0.25) is 0 Å². The van der Waals surface area contributed by atoms with Crippen LogP contribution in [0.2, 0.25) is 110 Å². The van der Waals surface area contributed by atoms with Gasteiger partial charge in [-0.3, -0.25) is 0 Å². The maximum absolute atomic E-state index is 9.00. The number of hydrogen-bond donors (Lipinski definition) is 12. The second-order valence-electron chi connectivity index (χ2n) is 47.7. The third-order valence-corrected chi connectivity index (χ3v) is 48.6. The summed E-state index contributed by atoms with van der Waals surface area (Å²) < 4.78 is 0. The fourth-order valence-corrected chi connectivity index (χ4v) is 19.2. The van der Waals surface area contributed by atoms with Gasteiger partial charge in [-0.2, -0.15) is 0 Å². The molecule has 0 heterocycles. The first-order chi connectivity index (χ1) is 58.2. The van der Waals surface area contributed by atoms with Crippen molar-refractivity contribution in [3.63, 3.8) is 0 Å². The van der Waals surface area contributed by atoms with Crippen LogP contribution < -0.4 is 0 Å². The number of hydrogen-bond acceptors (Lipinski definition) is 18. The Morgan fingerprint density at radius 1 is 0.231 bits per heavy atom. The van der Waals surface area contributed by atoms with Crippen molar-refractivity contribution in [2.75, 3.05) is 147 Å². The molecule has 143 heavy (non-hydrogen) atoms. The molecule has 0 aromatic heterocycles. The van der Waals surface area contributed by atoms with E-state index in [0.29, 0.717) is 63.7 Å². The first-order valence-corrected chi connectivity index (χ1v) is 68.9. The van der Waals surface area contributed by atoms with Crippen LogP contribution in [0, 0.1) is 44.6 Å². The van der Waals surface area contributed by atoms with Gasteiger partial charge in [0, 0.05) is 0 Å². The molecular weight excluding hydrogens is 2170 g/mol. The molecule has 0 aliphatic heterocycles. The molecule has 0 aromatic carbocycles. The minimum atomic E-state index is -1.53. The summed E-state index contributed by atoms with van der Waals surface area (Å²) >= 11 is 0. The third kappa shape index (κ3) is 152. The summed E-state index contributed by atoms with van der Waals surface area (Å²) in [6, 6.07) is 0. The summed E-state index contributed by atoms with van der Waals surface area (Å²) in [4.78, 5) is 43.8. The van der Waals surface area contributed by atoms with E-state index in [1.165, 1.54) is 19.4 Å². The Morgan fingerprint density at radius 2 is 0.420 bits per heavy atom. The van der Waals surface area contributed by atoms with Crippen LogP contribution in [0.5, 0.6) is 0 Å². The first kappa shape index (κ1) is 207. The average molecular weight is 2430 g/mol. The smallest absolute Gasteiger partial charge is 0.664 e. The molecule has 0 bridgehead atoms. The fraction of sp³-hybridized carbons (Fsp3) is 0.944. The zero-order valence-corrected chi connectivity index (χ0v) is 119. The van der Waals surface area contributed by atoms with Gasteiger partial charge in [-0.25, -0.2) is 0 Å². The van der Waals surface area contributed by atoms with E-state index in [4.69, 9.17) is 86.2 Å². The van der Waals surface area contributed by atoms with Gasteiger partial charge >= 0.3 is 101 Å². The van der Waals surface area contributed by atoms with E-state index in [1.54, 1.807) is 69.2 Å². The standard InChI is InChI=1S/C14H33N2Si.C13H31N2Si.2C12H29N2Si.C11H27N2Si.C7H19N2Si.C7H16O2.5C5H12O2.6CH3.6Co/c1-10-16(11-2)12-14(6,7)15-17(8,9)13(3,4)5;1-8-15(9-2)12-10-11-14-16(6,7)13(3,4)5;1-11(2,3)15(8,9)13-12(4,5)10-14(6)7;1-8-14(9-2)11-10-13-15(6,7)12(3,4)5;1-11(2,3)14(6,7)12-9-8-10-13(4)5;1-9(2)7-6-8-10(3,4)5;1-3-6(8)5-7(9)4-2;5*1-4(6)3-5(2)7;;;;;;;;;;;;/h10-12H2,1-9H3;8-12H2,1-7H3;10H2,1-9H3;8-11H2,1-7H3;8-10H2,1-7H3;6-7H2,1-5H3;6-9H,3-5H2,1-2H3;5*4-7H,3H2,1-2H3;6*1H3;;;;;;/q6*-1;;;;;;;6*-1;6*+3. The van der Waals surface area contributed by atoms with Crippen molar-refractivity contribution in [3.05, 3.63) is 74.5 Å². The van der Waals surface area contributed by atoms with Gasteiger partial charge in [-0.15, -0.1) is 37.3 Å². The quantitative estimate of drug-likeness (QED) is 0.0153. The minimum Gasteiger partial charge on any atom is -0.664 e. The Morgan fingerprint density at radius 3 is 0.587 bits per heavy atom. The first-order valence-electron chi connectivity index (χ1n) is 50.7. The molecule has 36 heteroatoms. The SMILES string of the molecule is CC(O)CC(C)O.CC(O)CC(C)O.CC(O)CC(C)O.CC(O)CC(C)O.CC(O)CC(C)O.CCC(O)CC(O)CC.CCN(CC)CC(C)(C)[N-][Si](C)(C)C(C)(C)C.CCN(CC)CCC[N-][Si](C)(C)C(C)(C)C.CCN(CC)CC[N-][Si](C)(C)C(C)(C)C.CN(C)CC(C)(C)[N-][Si](C)(C)C(C)(C)C.CN(C)CCC[N-][Si](C)(C)C(C)(C)C.CN(C)CC[N-][Si](C)(C)C.[CH3-].[CH3-].[CH3-].[CH3-].[CH3-].[CH3-].[Co+3].[Co+3].[Co+3].[Co+3].[Co+3].[Co+3]. The van der Waals surface area contributed by atoms with Gasteiger partial charge in [0.1, 0.15) is 0 Å². The second-order valence-corrected chi connectivity index (χ2v) is 76.8. The molecular formula is C107H262Co6N12O12Si6+6. The number of aliphatic hydroxyl groups excluding tert-OH is 12. The molecule has 24 nitrogen and oxygen atoms in total. The van der Waals surface area contributed by atoms with E-state index < -0.39 is 49.4 Å². The third-order valence-electron chi connectivity index (χ3n) is 23.7. The molecule has 0 aliphatic carbocycles. The van der Waals surface area contributed by atoms with E-state index in [9.17, 15) is 0 Å². The van der Waals surface area contributed by atoms with Crippen molar-refractivity contribution in [2.45, 2.75) is 515 Å². The van der Waals surface area contributed by atoms with Crippen LogP contribution in [-0.2, 0) is 101 Å². The normalized spacial score (nSPS) is 14.1. The molecule has 0 aromatic rings. The van der Waals surface area contributed by atoms with Crippen LogP contribution >= 0.6 is 0 Å². The maximum Gasteiger partial charge on any atom is 3.00 e. The van der Waals surface area contributed by atoms with Gasteiger partial charge in [0.05, 0.1) is 73.2 Å². The van der Waals surface area contributed by atoms with Gasteiger partial charge in [-0.1, -0.05) is 359 Å². The Balaban J connectivity index is -0.0000000494. The summed E-state index contributed by atoms with van der Waals surface area (Å²) in [5, 5.41) is 105. The number of nitrogens with zero attached hydrogens (tertiary/aromatic N) is 12. The molecule has 12 unspecified atom stereocenters. The van der Waals surface area contributed by atoms with Gasteiger partial charge < -0.3 is 165 Å². The summed E-state index contributed by atoms with van der Waals surface area (Å²) in [5.41, 5.74) is 0.154. The molecule has 0 saturated carbocycles. The Labute approximate surface area is 969 Å². The predicted octanol–water partition coefficient (Wildman–Crippen LogP) is 25.4. The van der Waals surface area contributed by atoms with Crippen molar-refractivity contribution in [1.29, 1.82) is 0 Å². The van der Waals surface area contributed by atoms with E-state index in [1.807, 2.05) is 13.8 Å². The van der Waals surface area contributed by atoms with Crippen LogP contribution in [0.1, 0.15) is 320 Å². The van der Waals surface area contributed by atoms with Crippen molar-refractivity contribution >= 4 is 49.4 Å². The van der Waals surface area contributed by atoms with Gasteiger partial charge in [-0.05, 0) is 241 Å². The van der Waals surface area contributed by atoms with Crippen molar-refractivity contribution in [3.8, 4) is 0 Å². The monoisotopic (exact) mass is 2430 g/mol. The number of aliphatic hydroxyl groups is 12. The van der Waals surface area contributed by atoms with Crippen molar-refractivity contribution < 1.29 is 162 Å². The van der Waals surface area contributed by atoms with E-state index in [2.05, 4.69) is 335 Å². The predicted molar refractivity (Wildman–Crippen MR) is 641 cm³/mol. The number of rotatable bonds is 46. The minimum absolute atomic E-state index is 0. The van der Waals surface area contributed by atoms with Gasteiger partial charge in [0.25, 0.3) is 0 Å². The molecule has 12 N–H and O–H groups in total. The summed E-state index contributed by atoms with van der Waals surface area (Å²) in [7, 11) is 4.30.